The van der Waals surface area contributed by atoms with Crippen molar-refractivity contribution in [1.29, 1.82) is 5.26 Å². The second kappa shape index (κ2) is 5.38. The van der Waals surface area contributed by atoms with Crippen molar-refractivity contribution in [3.63, 3.8) is 0 Å². The van der Waals surface area contributed by atoms with Gasteiger partial charge in [-0.3, -0.25) is 4.79 Å². The number of fused-ring (bicyclic) bond motifs is 2. The van der Waals surface area contributed by atoms with Crippen LogP contribution in [0.1, 0.15) is 48.0 Å². The van der Waals surface area contributed by atoms with Crippen LogP contribution in [-0.2, 0) is 0 Å². The minimum atomic E-state index is 0.0935. The van der Waals surface area contributed by atoms with E-state index in [1.807, 2.05) is 12.1 Å². The molecule has 2 aliphatic rings. The van der Waals surface area contributed by atoms with Crippen LogP contribution >= 0.6 is 0 Å². The first kappa shape index (κ1) is 13.3. The monoisotopic (exact) mass is 268 g/mol. The van der Waals surface area contributed by atoms with E-state index in [2.05, 4.69) is 18.0 Å². The van der Waals surface area contributed by atoms with E-state index >= 15 is 0 Å². The summed E-state index contributed by atoms with van der Waals surface area (Å²) in [5, 5.41) is 9.16. The summed E-state index contributed by atoms with van der Waals surface area (Å²) in [6, 6.07) is 10.4. The number of nitrogens with zero attached hydrogens (tertiary/aromatic N) is 2. The standard InChI is InChI=1S/C17H20N2O/c1-19-14-6-4-7-15(19)10-13(9-14)17(20)16-8-3-2-5-12(16)11-18/h2-3,5,8,13-15H,4,6-7,9-10H2,1H3. The highest BCUT2D eigenvalue weighted by molar-refractivity contribution is 6.00. The number of ketones is 1. The van der Waals surface area contributed by atoms with Gasteiger partial charge in [-0.05, 0) is 38.8 Å². The van der Waals surface area contributed by atoms with Gasteiger partial charge in [-0.2, -0.15) is 5.26 Å². The molecule has 2 unspecified atom stereocenters. The summed E-state index contributed by atoms with van der Waals surface area (Å²) >= 11 is 0. The Morgan fingerprint density at radius 1 is 1.25 bits per heavy atom. The lowest BCUT2D eigenvalue weighted by molar-refractivity contribution is 0.0338. The van der Waals surface area contributed by atoms with Crippen molar-refractivity contribution in [1.82, 2.24) is 4.90 Å². The molecule has 2 heterocycles. The highest BCUT2D eigenvalue weighted by Crippen LogP contribution is 2.37. The largest absolute Gasteiger partial charge is 0.300 e. The fraction of sp³-hybridized carbons (Fsp3) is 0.529. The summed E-state index contributed by atoms with van der Waals surface area (Å²) in [6.45, 7) is 0. The minimum absolute atomic E-state index is 0.0935. The molecule has 2 atom stereocenters. The highest BCUT2D eigenvalue weighted by atomic mass is 16.1. The molecular formula is C17H20N2O. The fourth-order valence-electron chi connectivity index (χ4n) is 3.85. The van der Waals surface area contributed by atoms with Crippen molar-refractivity contribution in [2.24, 2.45) is 5.92 Å². The highest BCUT2D eigenvalue weighted by Gasteiger charge is 2.39. The van der Waals surface area contributed by atoms with Gasteiger partial charge in [0.25, 0.3) is 0 Å². The number of piperidine rings is 2. The average Bonchev–Trinajstić information content (AvgIpc) is 2.46. The Bertz CT molecular complexity index is 546. The van der Waals surface area contributed by atoms with Crippen LogP contribution < -0.4 is 0 Å². The zero-order valence-corrected chi connectivity index (χ0v) is 11.9. The Morgan fingerprint density at radius 2 is 1.90 bits per heavy atom. The molecule has 0 radical (unpaired) electrons. The maximum absolute atomic E-state index is 12.7. The van der Waals surface area contributed by atoms with Gasteiger partial charge in [0.1, 0.15) is 0 Å². The average molecular weight is 268 g/mol. The van der Waals surface area contributed by atoms with Crippen LogP contribution in [0.25, 0.3) is 0 Å². The molecule has 2 bridgehead atoms. The zero-order chi connectivity index (χ0) is 14.1. The van der Waals surface area contributed by atoms with Crippen LogP contribution in [0.2, 0.25) is 0 Å². The maximum Gasteiger partial charge on any atom is 0.167 e. The SMILES string of the molecule is CN1C2CCCC1CC(C(=O)c1ccccc1C#N)C2. The fourth-order valence-corrected chi connectivity index (χ4v) is 3.85. The predicted molar refractivity (Wildman–Crippen MR) is 77.4 cm³/mol. The predicted octanol–water partition coefficient (Wildman–Crippen LogP) is 3.00. The second-order valence-electron chi connectivity index (χ2n) is 6.09. The molecule has 3 heteroatoms. The first-order chi connectivity index (χ1) is 9.70. The lowest BCUT2D eigenvalue weighted by Crippen LogP contribution is -2.51. The molecule has 20 heavy (non-hydrogen) atoms. The Balaban J connectivity index is 1.83. The first-order valence-corrected chi connectivity index (χ1v) is 7.46. The zero-order valence-electron chi connectivity index (χ0n) is 11.9. The molecule has 0 aliphatic carbocycles. The van der Waals surface area contributed by atoms with Crippen LogP contribution in [-0.4, -0.2) is 29.8 Å². The van der Waals surface area contributed by atoms with Crippen molar-refractivity contribution in [3.05, 3.63) is 35.4 Å². The summed E-state index contributed by atoms with van der Waals surface area (Å²) in [4.78, 5) is 15.2. The first-order valence-electron chi connectivity index (χ1n) is 7.46. The quantitative estimate of drug-likeness (QED) is 0.774. The summed E-state index contributed by atoms with van der Waals surface area (Å²) in [6.07, 6.45) is 5.60. The molecule has 0 N–H and O–H groups in total. The van der Waals surface area contributed by atoms with E-state index in [1.165, 1.54) is 19.3 Å². The van der Waals surface area contributed by atoms with E-state index in [1.54, 1.807) is 12.1 Å². The van der Waals surface area contributed by atoms with Gasteiger partial charge in [0.15, 0.2) is 5.78 Å². The summed E-state index contributed by atoms with van der Waals surface area (Å²) in [5.74, 6) is 0.267. The summed E-state index contributed by atoms with van der Waals surface area (Å²) in [7, 11) is 2.19. The minimum Gasteiger partial charge on any atom is -0.300 e. The van der Waals surface area contributed by atoms with Gasteiger partial charge < -0.3 is 4.90 Å². The van der Waals surface area contributed by atoms with Gasteiger partial charge in [0.05, 0.1) is 11.6 Å². The van der Waals surface area contributed by atoms with E-state index < -0.39 is 0 Å². The van der Waals surface area contributed by atoms with Gasteiger partial charge in [-0.1, -0.05) is 24.6 Å². The van der Waals surface area contributed by atoms with Gasteiger partial charge in [0.2, 0.25) is 0 Å². The molecule has 0 spiro atoms. The van der Waals surface area contributed by atoms with Crippen molar-refractivity contribution in [3.8, 4) is 6.07 Å². The van der Waals surface area contributed by atoms with Gasteiger partial charge >= 0.3 is 0 Å². The Hall–Kier alpha value is -1.66. The van der Waals surface area contributed by atoms with Gasteiger partial charge in [0, 0.05) is 23.6 Å². The topological polar surface area (TPSA) is 44.1 Å². The number of benzene rings is 1. The van der Waals surface area contributed by atoms with Crippen LogP contribution in [0.3, 0.4) is 0 Å². The molecule has 0 aromatic heterocycles. The molecule has 3 rings (SSSR count). The number of Topliss-reactive ketones (excluding diaryl/α,β-unsaturated/α-hetero) is 1. The van der Waals surface area contributed by atoms with Gasteiger partial charge in [-0.15, -0.1) is 0 Å². The number of nitriles is 1. The third kappa shape index (κ3) is 2.25. The molecule has 0 amide bonds. The molecule has 104 valence electrons. The number of carbonyl (C=O) groups is 1. The number of hydrogen-bond donors (Lipinski definition) is 0. The molecule has 1 aromatic rings. The van der Waals surface area contributed by atoms with E-state index in [0.717, 1.165) is 12.8 Å². The normalized spacial score (nSPS) is 29.7. The number of hydrogen-bond acceptors (Lipinski definition) is 3. The summed E-state index contributed by atoms with van der Waals surface area (Å²) in [5.41, 5.74) is 1.13. The van der Waals surface area contributed by atoms with Crippen molar-refractivity contribution < 1.29 is 4.79 Å². The third-order valence-corrected chi connectivity index (χ3v) is 5.02. The summed E-state index contributed by atoms with van der Waals surface area (Å²) < 4.78 is 0. The smallest absolute Gasteiger partial charge is 0.167 e. The second-order valence-corrected chi connectivity index (χ2v) is 6.09. The molecule has 1 aromatic carbocycles. The van der Waals surface area contributed by atoms with E-state index in [9.17, 15) is 4.79 Å². The molecule has 2 fully saturated rings. The van der Waals surface area contributed by atoms with E-state index in [-0.39, 0.29) is 11.7 Å². The lowest BCUT2D eigenvalue weighted by atomic mass is 9.75. The van der Waals surface area contributed by atoms with Crippen LogP contribution in [0.15, 0.2) is 24.3 Å². The lowest BCUT2D eigenvalue weighted by Gasteiger charge is -2.46. The molecular weight excluding hydrogens is 248 g/mol. The van der Waals surface area contributed by atoms with Crippen molar-refractivity contribution in [2.75, 3.05) is 7.05 Å². The maximum atomic E-state index is 12.7. The molecule has 2 saturated heterocycles. The number of carbonyl (C=O) groups excluding carboxylic acids is 1. The molecule has 0 saturated carbocycles. The van der Waals surface area contributed by atoms with Gasteiger partial charge in [-0.25, -0.2) is 0 Å². The Labute approximate surface area is 120 Å². The Kier molecular flexibility index (Phi) is 3.58. The van der Waals surface area contributed by atoms with Crippen LogP contribution in [0.4, 0.5) is 0 Å². The van der Waals surface area contributed by atoms with Crippen LogP contribution in [0, 0.1) is 17.2 Å². The van der Waals surface area contributed by atoms with Crippen LogP contribution in [0.5, 0.6) is 0 Å². The molecule has 3 nitrogen and oxygen atoms in total. The third-order valence-electron chi connectivity index (χ3n) is 5.02. The molecule has 2 aliphatic heterocycles. The van der Waals surface area contributed by atoms with Crippen molar-refractivity contribution in [2.45, 2.75) is 44.2 Å². The Morgan fingerprint density at radius 3 is 2.55 bits per heavy atom. The van der Waals surface area contributed by atoms with E-state index in [0.29, 0.717) is 23.2 Å². The number of rotatable bonds is 2. The van der Waals surface area contributed by atoms with E-state index in [4.69, 9.17) is 5.26 Å². The van der Waals surface area contributed by atoms with Crippen molar-refractivity contribution >= 4 is 5.78 Å².